The van der Waals surface area contributed by atoms with E-state index in [-0.39, 0.29) is 6.10 Å². The maximum Gasteiger partial charge on any atom is 0.0671 e. The summed E-state index contributed by atoms with van der Waals surface area (Å²) in [6.07, 6.45) is 0.268. The quantitative estimate of drug-likeness (QED) is 0.830. The van der Waals surface area contributed by atoms with Crippen LogP contribution in [0.1, 0.15) is 49.1 Å². The van der Waals surface area contributed by atoms with Gasteiger partial charge in [0.05, 0.1) is 6.10 Å². The minimum atomic E-state index is 0.268. The van der Waals surface area contributed by atoms with Crippen molar-refractivity contribution in [2.24, 2.45) is 0 Å². The first-order valence-electron chi connectivity index (χ1n) is 6.88. The predicted molar refractivity (Wildman–Crippen MR) is 78.2 cm³/mol. The van der Waals surface area contributed by atoms with Crippen LogP contribution < -0.4 is 5.32 Å². The Hall–Kier alpha value is -0.860. The Balaban J connectivity index is 2.66. The van der Waals surface area contributed by atoms with Crippen LogP contribution in [0.4, 0.5) is 0 Å². The van der Waals surface area contributed by atoms with Gasteiger partial charge in [-0.05, 0) is 63.8 Å². The summed E-state index contributed by atoms with van der Waals surface area (Å²) < 4.78 is 5.54. The number of benzene rings is 1. The van der Waals surface area contributed by atoms with E-state index in [1.165, 1.54) is 22.3 Å². The van der Waals surface area contributed by atoms with Crippen LogP contribution in [0.25, 0.3) is 0 Å². The zero-order valence-corrected chi connectivity index (χ0v) is 12.6. The highest BCUT2D eigenvalue weighted by molar-refractivity contribution is 5.37. The molecular weight excluding hydrogens is 222 g/mol. The van der Waals surface area contributed by atoms with Crippen molar-refractivity contribution in [1.29, 1.82) is 0 Å². The molecule has 0 amide bonds. The summed E-state index contributed by atoms with van der Waals surface area (Å²) in [4.78, 5) is 0. The lowest BCUT2D eigenvalue weighted by Crippen LogP contribution is -2.29. The average Bonchev–Trinajstić information content (AvgIpc) is 2.31. The van der Waals surface area contributed by atoms with E-state index in [0.29, 0.717) is 6.04 Å². The molecule has 102 valence electrons. The third kappa shape index (κ3) is 4.11. The second kappa shape index (κ2) is 6.91. The van der Waals surface area contributed by atoms with Crippen LogP contribution >= 0.6 is 0 Å². The number of hydrogen-bond donors (Lipinski definition) is 1. The highest BCUT2D eigenvalue weighted by Crippen LogP contribution is 2.21. The zero-order valence-electron chi connectivity index (χ0n) is 12.6. The normalized spacial score (nSPS) is 14.6. The van der Waals surface area contributed by atoms with Crippen LogP contribution in [0.3, 0.4) is 0 Å². The molecule has 1 N–H and O–H groups in total. The molecule has 0 aliphatic carbocycles. The summed E-state index contributed by atoms with van der Waals surface area (Å²) in [5, 5.41) is 3.55. The first kappa shape index (κ1) is 15.2. The van der Waals surface area contributed by atoms with Crippen molar-refractivity contribution in [3.63, 3.8) is 0 Å². The second-order valence-electron chi connectivity index (χ2n) is 5.19. The molecule has 1 rings (SSSR count). The fraction of sp³-hybridized carbons (Fsp3) is 0.625. The highest BCUT2D eigenvalue weighted by atomic mass is 16.5. The second-order valence-corrected chi connectivity index (χ2v) is 5.19. The molecule has 2 atom stereocenters. The molecule has 1 aromatic carbocycles. The SMILES string of the molecule is CCOC(C)CNC(C)c1cc(C)c(C)cc1C. The Morgan fingerprint density at radius 3 is 2.28 bits per heavy atom. The minimum absolute atomic E-state index is 0.268. The molecule has 1 aromatic rings. The Kier molecular flexibility index (Phi) is 5.83. The lowest BCUT2D eigenvalue weighted by molar-refractivity contribution is 0.0743. The molecule has 0 aliphatic rings. The third-order valence-electron chi connectivity index (χ3n) is 3.51. The summed E-state index contributed by atoms with van der Waals surface area (Å²) in [5.41, 5.74) is 5.48. The van der Waals surface area contributed by atoms with E-state index in [1.54, 1.807) is 0 Å². The number of rotatable bonds is 6. The van der Waals surface area contributed by atoms with Gasteiger partial charge in [-0.1, -0.05) is 12.1 Å². The van der Waals surface area contributed by atoms with Gasteiger partial charge in [0, 0.05) is 19.2 Å². The molecule has 0 bridgehead atoms. The van der Waals surface area contributed by atoms with E-state index < -0.39 is 0 Å². The Bertz CT molecular complexity index is 387. The maximum atomic E-state index is 5.54. The average molecular weight is 249 g/mol. The lowest BCUT2D eigenvalue weighted by atomic mass is 9.96. The summed E-state index contributed by atoms with van der Waals surface area (Å²) in [6.45, 7) is 14.6. The van der Waals surface area contributed by atoms with Crippen molar-refractivity contribution in [2.75, 3.05) is 13.2 Å². The smallest absolute Gasteiger partial charge is 0.0671 e. The van der Waals surface area contributed by atoms with Gasteiger partial charge in [0.15, 0.2) is 0 Å². The molecule has 0 heterocycles. The number of aryl methyl sites for hydroxylation is 3. The van der Waals surface area contributed by atoms with Crippen LogP contribution in [0.5, 0.6) is 0 Å². The molecule has 2 unspecified atom stereocenters. The van der Waals surface area contributed by atoms with Gasteiger partial charge in [-0.3, -0.25) is 0 Å². The van der Waals surface area contributed by atoms with Crippen LogP contribution in [0.15, 0.2) is 12.1 Å². The number of hydrogen-bond acceptors (Lipinski definition) is 2. The number of ether oxygens (including phenoxy) is 1. The van der Waals surface area contributed by atoms with Gasteiger partial charge in [0.1, 0.15) is 0 Å². The molecule has 2 nitrogen and oxygen atoms in total. The fourth-order valence-electron chi connectivity index (χ4n) is 2.25. The van der Waals surface area contributed by atoms with Crippen molar-refractivity contribution < 1.29 is 4.74 Å². The minimum Gasteiger partial charge on any atom is -0.377 e. The zero-order chi connectivity index (χ0) is 13.7. The van der Waals surface area contributed by atoms with Crippen molar-refractivity contribution in [3.05, 3.63) is 34.4 Å². The number of nitrogens with one attached hydrogen (secondary N) is 1. The Morgan fingerprint density at radius 1 is 1.06 bits per heavy atom. The van der Waals surface area contributed by atoms with E-state index in [9.17, 15) is 0 Å². The lowest BCUT2D eigenvalue weighted by Gasteiger charge is -2.20. The molecule has 0 spiro atoms. The van der Waals surface area contributed by atoms with Crippen molar-refractivity contribution in [2.45, 2.75) is 53.7 Å². The molecule has 0 saturated carbocycles. The van der Waals surface area contributed by atoms with E-state index in [1.807, 2.05) is 6.92 Å². The van der Waals surface area contributed by atoms with Crippen LogP contribution in [0.2, 0.25) is 0 Å². The van der Waals surface area contributed by atoms with E-state index in [0.717, 1.165) is 13.2 Å². The largest absolute Gasteiger partial charge is 0.377 e. The fourth-order valence-corrected chi connectivity index (χ4v) is 2.25. The van der Waals surface area contributed by atoms with E-state index in [4.69, 9.17) is 4.74 Å². The van der Waals surface area contributed by atoms with Crippen LogP contribution in [0, 0.1) is 20.8 Å². The van der Waals surface area contributed by atoms with E-state index in [2.05, 4.69) is 52.1 Å². The van der Waals surface area contributed by atoms with Gasteiger partial charge in [-0.25, -0.2) is 0 Å². The van der Waals surface area contributed by atoms with Gasteiger partial charge in [-0.15, -0.1) is 0 Å². The highest BCUT2D eigenvalue weighted by Gasteiger charge is 2.11. The molecule has 0 radical (unpaired) electrons. The van der Waals surface area contributed by atoms with Gasteiger partial charge in [-0.2, -0.15) is 0 Å². The van der Waals surface area contributed by atoms with Crippen molar-refractivity contribution in [3.8, 4) is 0 Å². The molecule has 0 aliphatic heterocycles. The topological polar surface area (TPSA) is 21.3 Å². The molecule has 18 heavy (non-hydrogen) atoms. The van der Waals surface area contributed by atoms with E-state index >= 15 is 0 Å². The third-order valence-corrected chi connectivity index (χ3v) is 3.51. The molecule has 2 heteroatoms. The molecular formula is C16H27NO. The first-order chi connectivity index (χ1) is 8.45. The van der Waals surface area contributed by atoms with Gasteiger partial charge in [0.25, 0.3) is 0 Å². The maximum absolute atomic E-state index is 5.54. The Morgan fingerprint density at radius 2 is 1.67 bits per heavy atom. The van der Waals surface area contributed by atoms with Gasteiger partial charge in [0.2, 0.25) is 0 Å². The standard InChI is InChI=1S/C16H27NO/c1-7-18-14(5)10-17-15(6)16-9-12(3)11(2)8-13(16)4/h8-9,14-15,17H,7,10H2,1-6H3. The van der Waals surface area contributed by atoms with Crippen LogP contribution in [-0.2, 0) is 4.74 Å². The Labute approximate surface area is 112 Å². The summed E-state index contributed by atoms with van der Waals surface area (Å²) >= 11 is 0. The first-order valence-corrected chi connectivity index (χ1v) is 6.88. The molecule has 0 aromatic heterocycles. The summed E-state index contributed by atoms with van der Waals surface area (Å²) in [6, 6.07) is 4.94. The molecule has 0 saturated heterocycles. The van der Waals surface area contributed by atoms with Crippen molar-refractivity contribution >= 4 is 0 Å². The van der Waals surface area contributed by atoms with Gasteiger partial charge >= 0.3 is 0 Å². The summed E-state index contributed by atoms with van der Waals surface area (Å²) in [5.74, 6) is 0. The van der Waals surface area contributed by atoms with Crippen LogP contribution in [-0.4, -0.2) is 19.3 Å². The van der Waals surface area contributed by atoms with Gasteiger partial charge < -0.3 is 10.1 Å². The monoisotopic (exact) mass is 249 g/mol. The summed E-state index contributed by atoms with van der Waals surface area (Å²) in [7, 11) is 0. The molecule has 0 fully saturated rings. The van der Waals surface area contributed by atoms with Crippen molar-refractivity contribution in [1.82, 2.24) is 5.32 Å². The predicted octanol–water partition coefficient (Wildman–Crippen LogP) is 3.69.